The average molecular weight is 1740 g/mol. The molecule has 4 aliphatic heterocycles. The number of benzene rings is 4. The molecule has 4 saturated heterocycles. The normalized spacial score (nSPS) is 15.2. The van der Waals surface area contributed by atoms with Crippen LogP contribution in [0.1, 0.15) is 121 Å². The number of aromatic amines is 4. The van der Waals surface area contributed by atoms with Crippen LogP contribution in [0.4, 0.5) is 46.0 Å². The fourth-order valence-electron chi connectivity index (χ4n) is 15.8. The van der Waals surface area contributed by atoms with Crippen molar-refractivity contribution in [1.29, 1.82) is 0 Å². The molecule has 20 rings (SSSR count). The quantitative estimate of drug-likeness (QED) is 0.0340. The van der Waals surface area contributed by atoms with E-state index in [0.717, 1.165) is 140 Å². The number of fused-ring (bicyclic) bond motifs is 4. The van der Waals surface area contributed by atoms with Crippen molar-refractivity contribution in [1.82, 2.24) is 110 Å². The average Bonchev–Trinajstić information content (AvgIpc) is 1.72. The molecule has 0 saturated carbocycles. The summed E-state index contributed by atoms with van der Waals surface area (Å²) in [7, 11) is 0. The number of likely N-dealkylation sites (tertiary alicyclic amines) is 3. The largest absolute Gasteiger partial charge is 0.393 e. The van der Waals surface area contributed by atoms with E-state index in [1.807, 2.05) is 115 Å². The van der Waals surface area contributed by atoms with Crippen molar-refractivity contribution in [2.45, 2.75) is 103 Å². The van der Waals surface area contributed by atoms with E-state index in [9.17, 15) is 41.8 Å². The van der Waals surface area contributed by atoms with E-state index in [2.05, 4.69) is 139 Å². The summed E-state index contributed by atoms with van der Waals surface area (Å²) in [6.45, 7) is 11.9. The van der Waals surface area contributed by atoms with Gasteiger partial charge in [-0.15, -0.1) is 0 Å². The van der Waals surface area contributed by atoms with Gasteiger partial charge in [0.1, 0.15) is 17.5 Å². The van der Waals surface area contributed by atoms with Crippen LogP contribution < -0.4 is 26.2 Å². The molecule has 0 bridgehead atoms. The first-order valence-corrected chi connectivity index (χ1v) is 42.1. The minimum atomic E-state index is -2.63. The van der Waals surface area contributed by atoms with Crippen molar-refractivity contribution in [3.8, 4) is 44.5 Å². The van der Waals surface area contributed by atoms with Gasteiger partial charge >= 0.3 is 0 Å². The summed E-state index contributed by atoms with van der Waals surface area (Å²) in [5.41, 5.74) is 17.8. The fourth-order valence-corrected chi connectivity index (χ4v) is 15.8. The van der Waals surface area contributed by atoms with Gasteiger partial charge < -0.3 is 31.3 Å². The summed E-state index contributed by atoms with van der Waals surface area (Å²) in [5.74, 6) is -4.66. The van der Waals surface area contributed by atoms with Crippen LogP contribution in [0.5, 0.6) is 0 Å². The topological polar surface area (TPSA) is 406 Å². The Morgan fingerprint density at radius 3 is 1.05 bits per heavy atom. The number of H-pyrrole nitrogens is 4. The van der Waals surface area contributed by atoms with Gasteiger partial charge in [-0.05, 0) is 170 Å². The van der Waals surface area contributed by atoms with Gasteiger partial charge in [-0.3, -0.25) is 79.2 Å². The maximum Gasteiger partial charge on any atom is 0.276 e. The predicted octanol–water partition coefficient (Wildman–Crippen LogP) is 14.8. The highest BCUT2D eigenvalue weighted by atomic mass is 19.3. The van der Waals surface area contributed by atoms with E-state index < -0.39 is 11.8 Å². The number of amides is 4. The lowest BCUT2D eigenvalue weighted by Crippen LogP contribution is -2.38. The number of aliphatic hydroxyl groups is 1. The van der Waals surface area contributed by atoms with Crippen LogP contribution in [0.15, 0.2) is 208 Å². The summed E-state index contributed by atoms with van der Waals surface area (Å²) >= 11 is 0. The van der Waals surface area contributed by atoms with E-state index in [1.54, 1.807) is 99.8 Å². The van der Waals surface area contributed by atoms with Crippen molar-refractivity contribution in [2.75, 3.05) is 78.5 Å². The van der Waals surface area contributed by atoms with Crippen LogP contribution in [0, 0.1) is 20.8 Å². The number of carbonyl (C=O) groups excluding carboxylic acids is 4. The number of rotatable bonds is 19. The molecule has 0 atom stereocenters. The number of halogens is 4. The van der Waals surface area contributed by atoms with Gasteiger partial charge in [-0.25, -0.2) is 47.5 Å². The number of carbonyl (C=O) groups is 4. The number of aliphatic hydroxyl groups excluding tert-OH is 1. The Balaban J connectivity index is 0.000000121. The molecule has 4 amide bonds. The van der Waals surface area contributed by atoms with Gasteiger partial charge in [-0.1, -0.05) is 24.3 Å². The number of hydrogen-bond acceptors (Lipinski definition) is 24. The van der Waals surface area contributed by atoms with Crippen LogP contribution in [0.25, 0.3) is 88.1 Å². The Morgan fingerprint density at radius 2 is 0.690 bits per heavy atom. The Kier molecular flexibility index (Phi) is 25.7. The first-order valence-electron chi connectivity index (χ1n) is 42.1. The van der Waals surface area contributed by atoms with Crippen molar-refractivity contribution < 1.29 is 41.8 Å². The summed E-state index contributed by atoms with van der Waals surface area (Å²) in [6.07, 6.45) is 30.5. The first-order chi connectivity index (χ1) is 62.5. The van der Waals surface area contributed by atoms with Crippen LogP contribution in [-0.2, 0) is 19.6 Å². The van der Waals surface area contributed by atoms with Crippen molar-refractivity contribution in [3.05, 3.63) is 265 Å². The molecule has 4 aliphatic rings. The molecule has 36 heteroatoms. The molecular formula is C93H89F4N27O5. The Labute approximate surface area is 735 Å². The Hall–Kier alpha value is -15.0. The molecule has 9 N–H and O–H groups in total. The van der Waals surface area contributed by atoms with Crippen molar-refractivity contribution in [2.24, 2.45) is 0 Å². The summed E-state index contributed by atoms with van der Waals surface area (Å²) in [6, 6.07) is 34.8. The molecular weight excluding hydrogens is 1650 g/mol. The SMILES string of the molecule is Cc1ncc(NC(=O)c2n[nH]c3ccc(-c4cncc(CN5CCC(F)(F)C5)c4)cc23)cn1.Cc1ncc(NC(=O)c2n[nH]c3ccc(-c4cncc(CN5CCC(F)(F)CC5)c4)cc23)cn1.Cc1ncc(NC(=O)c2n[nH]c3ccc(-c4cncc(N5CCCC5)c4)cc23)cn1.O=C(Nc1ccncc1)c1n[nH]c2ccc(-c3cncc(CN4CCC(O)CC4)c3)cc12. The molecule has 0 unspecified atom stereocenters. The second-order valence-electron chi connectivity index (χ2n) is 32.3. The van der Waals surface area contributed by atoms with Gasteiger partial charge in [0, 0.05) is 190 Å². The molecule has 654 valence electrons. The minimum absolute atomic E-state index is 0.114. The standard InChI is InChI=1S/C24H23F2N7O.C24H24N6O2.C23H21F2N7O.C22H21N7O/c1-15-28-12-19(13-29-15)30-23(34)22-20-9-17(2-3-21(20)31-32-22)18-8-16(10-27-11-18)14-33-6-4-24(25,26)5-7-33;31-20-5-9-30(10-6-20)15-16-11-18(14-26-13-16)17-1-2-22-21(12-17)23(29-28-22)24(32)27-19-3-7-25-8-4-19;1-14-27-10-18(11-28-14)29-22(33)21-19-7-16(2-3-20(19)30-31-21)17-6-15(8-26-9-17)12-32-5-4-23(24,25)13-32;1-14-24-11-17(12-25-14)26-22(30)21-19-9-15(4-5-20(19)27-28-21)16-8-18(13-23-10-16)29-6-2-3-7-29/h2-3,8-13H,4-7,14H2,1H3,(H,30,34)(H,31,32);1-4,7-8,11-14,20,31H,5-6,9-10,15H2,(H,28,29)(H,25,27,32);2-3,6-11H,4-5,12-13H2,1H3,(H,29,33)(H,30,31);4-5,8-13H,2-3,6-7H2,1H3,(H,26,30)(H,27,28). The van der Waals surface area contributed by atoms with E-state index in [0.29, 0.717) is 101 Å². The Morgan fingerprint density at radius 1 is 0.364 bits per heavy atom. The van der Waals surface area contributed by atoms with E-state index >= 15 is 0 Å². The summed E-state index contributed by atoms with van der Waals surface area (Å²) < 4.78 is 53.9. The fraction of sp³-hybridized carbons (Fsp3) is 0.258. The number of piperidine rings is 2. The lowest BCUT2D eigenvalue weighted by atomic mass is 10.0. The van der Waals surface area contributed by atoms with E-state index in [4.69, 9.17) is 0 Å². The van der Waals surface area contributed by atoms with Crippen LogP contribution >= 0.6 is 0 Å². The number of nitrogens with zero attached hydrogens (tertiary/aromatic N) is 19. The third-order valence-corrected chi connectivity index (χ3v) is 22.7. The molecule has 16 heterocycles. The van der Waals surface area contributed by atoms with Crippen LogP contribution in [0.2, 0.25) is 0 Å². The highest BCUT2D eigenvalue weighted by molar-refractivity contribution is 6.14. The van der Waals surface area contributed by atoms with Gasteiger partial charge in [0.25, 0.3) is 35.5 Å². The van der Waals surface area contributed by atoms with Gasteiger partial charge in [0.05, 0.1) is 101 Å². The van der Waals surface area contributed by atoms with Crippen LogP contribution in [-0.4, -0.2) is 209 Å². The first kappa shape index (κ1) is 86.1. The van der Waals surface area contributed by atoms with Crippen molar-refractivity contribution in [3.63, 3.8) is 0 Å². The zero-order valence-electron chi connectivity index (χ0n) is 70.5. The lowest BCUT2D eigenvalue weighted by Gasteiger charge is -2.31. The highest BCUT2D eigenvalue weighted by Crippen LogP contribution is 2.36. The number of aryl methyl sites for hydroxylation is 3. The molecule has 0 aliphatic carbocycles. The van der Waals surface area contributed by atoms with Crippen LogP contribution in [0.3, 0.4) is 0 Å². The summed E-state index contributed by atoms with van der Waals surface area (Å²) in [4.78, 5) is 106. The maximum absolute atomic E-state index is 13.5. The lowest BCUT2D eigenvalue weighted by molar-refractivity contribution is -0.0566. The second kappa shape index (κ2) is 38.4. The number of aromatic nitrogens is 19. The molecule has 129 heavy (non-hydrogen) atoms. The smallest absolute Gasteiger partial charge is 0.276 e. The zero-order chi connectivity index (χ0) is 89.1. The zero-order valence-corrected chi connectivity index (χ0v) is 70.5. The number of hydrogen-bond donors (Lipinski definition) is 9. The minimum Gasteiger partial charge on any atom is -0.393 e. The van der Waals surface area contributed by atoms with Gasteiger partial charge in [0.15, 0.2) is 22.8 Å². The second-order valence-corrected chi connectivity index (χ2v) is 32.3. The third-order valence-electron chi connectivity index (χ3n) is 22.7. The monoisotopic (exact) mass is 1740 g/mol. The molecule has 4 fully saturated rings. The molecule has 0 spiro atoms. The number of anilines is 5. The van der Waals surface area contributed by atoms with E-state index in [-0.39, 0.29) is 66.9 Å². The molecule has 12 aromatic heterocycles. The number of nitrogens with one attached hydrogen (secondary N) is 8. The van der Waals surface area contributed by atoms with Crippen molar-refractivity contribution >= 4 is 95.7 Å². The van der Waals surface area contributed by atoms with E-state index in [1.165, 1.54) is 25.2 Å². The molecule has 4 aromatic carbocycles. The maximum atomic E-state index is 13.5. The molecule has 16 aromatic rings. The predicted molar refractivity (Wildman–Crippen MR) is 480 cm³/mol. The highest BCUT2D eigenvalue weighted by Gasteiger charge is 2.38. The van der Waals surface area contributed by atoms with Gasteiger partial charge in [0.2, 0.25) is 0 Å². The molecule has 32 nitrogen and oxygen atoms in total. The molecule has 0 radical (unpaired) electrons. The van der Waals surface area contributed by atoms with Gasteiger partial charge in [-0.2, -0.15) is 20.4 Å². The third kappa shape index (κ3) is 21.4. The number of pyridine rings is 5. The summed E-state index contributed by atoms with van der Waals surface area (Å²) in [5, 5.41) is 52.2. The Bertz CT molecular complexity index is 6690. The number of alkyl halides is 4.